The molecule has 1 N–H and O–H groups in total. The Morgan fingerprint density at radius 1 is 1.32 bits per heavy atom. The highest BCUT2D eigenvalue weighted by molar-refractivity contribution is 7.89. The van der Waals surface area contributed by atoms with E-state index in [0.29, 0.717) is 25.9 Å². The summed E-state index contributed by atoms with van der Waals surface area (Å²) in [6.07, 6.45) is 4.12. The standard InChI is InChI=1S/C14H24N4O3S/c1-14(2,3)13(19)16-11-5-7-18(8-6-11)22(20,21)12-9-15-17(4)10-12/h9-11H,5-8H2,1-4H3,(H,16,19). The summed E-state index contributed by atoms with van der Waals surface area (Å²) in [6.45, 7) is 6.41. The number of aryl methyl sites for hydroxylation is 1. The number of hydrogen-bond acceptors (Lipinski definition) is 4. The lowest BCUT2D eigenvalue weighted by Crippen LogP contribution is -2.48. The molecule has 1 aliphatic rings. The van der Waals surface area contributed by atoms with E-state index in [0.717, 1.165) is 0 Å². The number of carbonyl (C=O) groups excluding carboxylic acids is 1. The van der Waals surface area contributed by atoms with E-state index in [4.69, 9.17) is 0 Å². The van der Waals surface area contributed by atoms with Gasteiger partial charge in [-0.1, -0.05) is 20.8 Å². The van der Waals surface area contributed by atoms with Crippen molar-refractivity contribution in [3.05, 3.63) is 12.4 Å². The zero-order chi connectivity index (χ0) is 16.5. The van der Waals surface area contributed by atoms with Crippen molar-refractivity contribution in [3.63, 3.8) is 0 Å². The minimum absolute atomic E-state index is 0.000988. The van der Waals surface area contributed by atoms with Crippen molar-refractivity contribution in [3.8, 4) is 0 Å². The number of carbonyl (C=O) groups is 1. The van der Waals surface area contributed by atoms with Crippen molar-refractivity contribution in [1.82, 2.24) is 19.4 Å². The fraction of sp³-hybridized carbons (Fsp3) is 0.714. The SMILES string of the molecule is Cn1cc(S(=O)(=O)N2CCC(NC(=O)C(C)(C)C)CC2)cn1. The van der Waals surface area contributed by atoms with E-state index in [1.165, 1.54) is 21.4 Å². The van der Waals surface area contributed by atoms with Crippen molar-refractivity contribution in [2.75, 3.05) is 13.1 Å². The summed E-state index contributed by atoms with van der Waals surface area (Å²) < 4.78 is 27.9. The minimum atomic E-state index is -3.48. The molecule has 2 rings (SSSR count). The molecule has 1 saturated heterocycles. The second-order valence-electron chi connectivity index (χ2n) is 6.75. The van der Waals surface area contributed by atoms with Crippen molar-refractivity contribution in [2.24, 2.45) is 12.5 Å². The largest absolute Gasteiger partial charge is 0.353 e. The van der Waals surface area contributed by atoms with Crippen LogP contribution in [0.25, 0.3) is 0 Å². The van der Waals surface area contributed by atoms with E-state index < -0.39 is 15.4 Å². The highest BCUT2D eigenvalue weighted by Crippen LogP contribution is 2.21. The van der Waals surface area contributed by atoms with Gasteiger partial charge < -0.3 is 5.32 Å². The third kappa shape index (κ3) is 3.67. The second-order valence-corrected chi connectivity index (χ2v) is 8.69. The Labute approximate surface area is 131 Å². The van der Waals surface area contributed by atoms with E-state index in [-0.39, 0.29) is 16.8 Å². The number of piperidine rings is 1. The predicted molar refractivity (Wildman–Crippen MR) is 82.6 cm³/mol. The Balaban J connectivity index is 1.96. The average Bonchev–Trinajstić information content (AvgIpc) is 2.86. The van der Waals surface area contributed by atoms with E-state index >= 15 is 0 Å². The fourth-order valence-electron chi connectivity index (χ4n) is 2.32. The lowest BCUT2D eigenvalue weighted by atomic mass is 9.94. The van der Waals surface area contributed by atoms with Crippen LogP contribution in [-0.4, -0.2) is 47.5 Å². The first kappa shape index (κ1) is 17.0. The zero-order valence-electron chi connectivity index (χ0n) is 13.5. The van der Waals surface area contributed by atoms with Crippen LogP contribution in [0, 0.1) is 5.41 Å². The monoisotopic (exact) mass is 328 g/mol. The Hall–Kier alpha value is -1.41. The molecule has 1 fully saturated rings. The molecule has 0 radical (unpaired) electrons. The molecule has 0 aliphatic carbocycles. The van der Waals surface area contributed by atoms with Gasteiger partial charge in [0.25, 0.3) is 0 Å². The first-order valence-corrected chi connectivity index (χ1v) is 8.84. The Morgan fingerprint density at radius 2 is 1.91 bits per heavy atom. The maximum Gasteiger partial charge on any atom is 0.246 e. The molecule has 22 heavy (non-hydrogen) atoms. The first-order valence-electron chi connectivity index (χ1n) is 7.40. The summed E-state index contributed by atoms with van der Waals surface area (Å²) in [7, 11) is -1.80. The fourth-order valence-corrected chi connectivity index (χ4v) is 3.78. The van der Waals surface area contributed by atoms with E-state index in [2.05, 4.69) is 10.4 Å². The molecular formula is C14H24N4O3S. The van der Waals surface area contributed by atoms with Gasteiger partial charge >= 0.3 is 0 Å². The number of nitrogens with one attached hydrogen (secondary N) is 1. The molecule has 7 nitrogen and oxygen atoms in total. The molecule has 124 valence electrons. The molecule has 0 aromatic carbocycles. The van der Waals surface area contributed by atoms with Crippen LogP contribution in [0.3, 0.4) is 0 Å². The number of rotatable bonds is 3. The summed E-state index contributed by atoms with van der Waals surface area (Å²) in [5, 5.41) is 6.91. The van der Waals surface area contributed by atoms with Crippen LogP contribution >= 0.6 is 0 Å². The number of aromatic nitrogens is 2. The molecular weight excluding hydrogens is 304 g/mol. The lowest BCUT2D eigenvalue weighted by Gasteiger charge is -2.32. The molecule has 8 heteroatoms. The third-order valence-corrected chi connectivity index (χ3v) is 5.64. The first-order chi connectivity index (χ1) is 10.1. The molecule has 0 atom stereocenters. The molecule has 0 bridgehead atoms. The van der Waals surface area contributed by atoms with E-state index in [1.807, 2.05) is 20.8 Å². The van der Waals surface area contributed by atoms with Crippen molar-refractivity contribution >= 4 is 15.9 Å². The second kappa shape index (κ2) is 6.00. The van der Waals surface area contributed by atoms with E-state index in [1.54, 1.807) is 7.05 Å². The van der Waals surface area contributed by atoms with E-state index in [9.17, 15) is 13.2 Å². The normalized spacial score (nSPS) is 18.4. The van der Waals surface area contributed by atoms with Crippen LogP contribution in [0.15, 0.2) is 17.3 Å². The van der Waals surface area contributed by atoms with Crippen LogP contribution in [0.2, 0.25) is 0 Å². The van der Waals surface area contributed by atoms with Crippen LogP contribution in [0.4, 0.5) is 0 Å². The third-order valence-electron chi connectivity index (χ3n) is 3.79. The van der Waals surface area contributed by atoms with Gasteiger partial charge in [0.05, 0.1) is 6.20 Å². The molecule has 0 spiro atoms. The molecule has 1 aliphatic heterocycles. The lowest BCUT2D eigenvalue weighted by molar-refractivity contribution is -0.129. The van der Waals surface area contributed by atoms with Gasteiger partial charge in [-0.15, -0.1) is 0 Å². The van der Waals surface area contributed by atoms with Gasteiger partial charge in [0.1, 0.15) is 4.90 Å². The molecule has 0 saturated carbocycles. The number of hydrogen-bond donors (Lipinski definition) is 1. The zero-order valence-corrected chi connectivity index (χ0v) is 14.4. The van der Waals surface area contributed by atoms with Gasteiger partial charge in [0, 0.05) is 37.8 Å². The maximum absolute atomic E-state index is 12.5. The number of sulfonamides is 1. The molecule has 0 unspecified atom stereocenters. The smallest absolute Gasteiger partial charge is 0.246 e. The van der Waals surface area contributed by atoms with Crippen LogP contribution in [0.1, 0.15) is 33.6 Å². The Kier molecular flexibility index (Phi) is 4.62. The minimum Gasteiger partial charge on any atom is -0.353 e. The van der Waals surface area contributed by atoms with Gasteiger partial charge in [-0.05, 0) is 12.8 Å². The number of amides is 1. The molecule has 1 aromatic heterocycles. The quantitative estimate of drug-likeness (QED) is 0.887. The van der Waals surface area contributed by atoms with Gasteiger partial charge in [-0.3, -0.25) is 9.48 Å². The van der Waals surface area contributed by atoms with Crippen molar-refractivity contribution in [2.45, 2.75) is 44.6 Å². The highest BCUT2D eigenvalue weighted by atomic mass is 32.2. The maximum atomic E-state index is 12.5. The summed E-state index contributed by atoms with van der Waals surface area (Å²) in [4.78, 5) is 12.2. The van der Waals surface area contributed by atoms with Crippen molar-refractivity contribution < 1.29 is 13.2 Å². The summed E-state index contributed by atoms with van der Waals surface area (Å²) in [6, 6.07) is 0.0343. The van der Waals surface area contributed by atoms with Crippen molar-refractivity contribution in [1.29, 1.82) is 0 Å². The molecule has 1 aromatic rings. The topological polar surface area (TPSA) is 84.3 Å². The summed E-state index contributed by atoms with van der Waals surface area (Å²) in [5.74, 6) is 0.000988. The average molecular weight is 328 g/mol. The predicted octanol–water partition coefficient (Wildman–Crippen LogP) is 0.735. The molecule has 2 heterocycles. The van der Waals surface area contributed by atoms with Crippen LogP contribution < -0.4 is 5.32 Å². The van der Waals surface area contributed by atoms with Gasteiger partial charge in [0.15, 0.2) is 0 Å². The summed E-state index contributed by atoms with van der Waals surface area (Å²) >= 11 is 0. The Bertz CT molecular complexity index is 637. The Morgan fingerprint density at radius 3 is 2.36 bits per heavy atom. The summed E-state index contributed by atoms with van der Waals surface area (Å²) in [5.41, 5.74) is -0.432. The van der Waals surface area contributed by atoms with Gasteiger partial charge in [0.2, 0.25) is 15.9 Å². The molecule has 1 amide bonds. The number of nitrogens with zero attached hydrogens (tertiary/aromatic N) is 3. The van der Waals surface area contributed by atoms with Crippen LogP contribution in [0.5, 0.6) is 0 Å². The van der Waals surface area contributed by atoms with Gasteiger partial charge in [-0.25, -0.2) is 8.42 Å². The highest BCUT2D eigenvalue weighted by Gasteiger charge is 2.32. The van der Waals surface area contributed by atoms with Crippen LogP contribution in [-0.2, 0) is 21.9 Å². The van der Waals surface area contributed by atoms with Gasteiger partial charge in [-0.2, -0.15) is 9.40 Å².